The summed E-state index contributed by atoms with van der Waals surface area (Å²) >= 11 is 1.61. The fraction of sp³-hybridized carbons (Fsp3) is 0.565. The number of allylic oxidation sites excluding steroid dienone is 5. The van der Waals surface area contributed by atoms with Crippen LogP contribution in [0.3, 0.4) is 0 Å². The first-order valence-corrected chi connectivity index (χ1v) is 13.8. The van der Waals surface area contributed by atoms with E-state index in [0.29, 0.717) is 11.6 Å². The van der Waals surface area contributed by atoms with Crippen LogP contribution < -0.4 is 5.32 Å². The van der Waals surface area contributed by atoms with E-state index in [1.165, 1.54) is 23.0 Å². The van der Waals surface area contributed by atoms with E-state index in [1.807, 2.05) is 0 Å². The average Bonchev–Trinajstić information content (AvgIpc) is 3.15. The monoisotopic (exact) mass is 467 g/mol. The van der Waals surface area contributed by atoms with Gasteiger partial charge in [-0.3, -0.25) is 4.79 Å². The van der Waals surface area contributed by atoms with Crippen molar-refractivity contribution in [3.05, 3.63) is 47.5 Å². The van der Waals surface area contributed by atoms with Crippen LogP contribution >= 0.6 is 11.8 Å². The highest BCUT2D eigenvalue weighted by Gasteiger charge is 2.22. The van der Waals surface area contributed by atoms with Gasteiger partial charge >= 0.3 is 0 Å². The van der Waals surface area contributed by atoms with Gasteiger partial charge in [-0.25, -0.2) is 13.4 Å². The third kappa shape index (κ3) is 14.0. The summed E-state index contributed by atoms with van der Waals surface area (Å²) < 4.78 is 23.0. The van der Waals surface area contributed by atoms with Crippen LogP contribution in [0.2, 0.25) is 0 Å². The summed E-state index contributed by atoms with van der Waals surface area (Å²) in [6, 6.07) is -0.583. The molecule has 0 bridgehead atoms. The van der Waals surface area contributed by atoms with Crippen molar-refractivity contribution < 1.29 is 13.2 Å². The largest absolute Gasteiger partial charge is 0.360 e. The van der Waals surface area contributed by atoms with Crippen molar-refractivity contribution in [2.75, 3.05) is 28.8 Å². The van der Waals surface area contributed by atoms with Gasteiger partial charge < -0.3 is 10.3 Å². The highest BCUT2D eigenvalue weighted by atomic mass is 32.2. The summed E-state index contributed by atoms with van der Waals surface area (Å²) in [4.78, 5) is 19.2. The molecule has 0 aliphatic rings. The van der Waals surface area contributed by atoms with Gasteiger partial charge in [0, 0.05) is 17.8 Å². The molecule has 1 rings (SSSR count). The minimum Gasteiger partial charge on any atom is -0.360 e. The van der Waals surface area contributed by atoms with Crippen LogP contribution in [-0.2, 0) is 14.6 Å². The molecule has 8 heteroatoms. The first-order valence-electron chi connectivity index (χ1n) is 10.5. The Morgan fingerprint density at radius 2 is 1.77 bits per heavy atom. The summed E-state index contributed by atoms with van der Waals surface area (Å²) in [7, 11) is -3.36. The summed E-state index contributed by atoms with van der Waals surface area (Å²) in [5, 5.41) is 3.05. The molecule has 1 aromatic heterocycles. The van der Waals surface area contributed by atoms with Gasteiger partial charge in [0.25, 0.3) is 0 Å². The molecular formula is C23H37N3O3S2. The number of ketones is 1. The van der Waals surface area contributed by atoms with Gasteiger partial charge in [0.05, 0.1) is 18.6 Å². The lowest BCUT2D eigenvalue weighted by molar-refractivity contribution is -0.116. The Bertz CT molecular complexity index is 866. The number of hydrogen-bond acceptors (Lipinski definition) is 6. The van der Waals surface area contributed by atoms with Crippen molar-refractivity contribution in [2.24, 2.45) is 0 Å². The number of anilines is 1. The van der Waals surface area contributed by atoms with E-state index in [9.17, 15) is 13.2 Å². The number of hydrogen-bond donors (Lipinski definition) is 2. The number of thioether (sulfide) groups is 1. The van der Waals surface area contributed by atoms with Crippen molar-refractivity contribution >= 4 is 33.2 Å². The standard InChI is InChI=1S/C23H37N3O3S2/c1-18(2)8-6-9-19(3)10-7-11-20(4)12-13-30-15-21(22(27)16-31(5,28)29)26-23-14-24-17-25-23/h8,10,12,14,17,21,26H,6-7,9,11,13,15-16H2,1-5H3,(H,24,25). The van der Waals surface area contributed by atoms with Gasteiger partial charge in [-0.05, 0) is 53.4 Å². The zero-order valence-electron chi connectivity index (χ0n) is 19.4. The van der Waals surface area contributed by atoms with Crippen LogP contribution in [0.25, 0.3) is 0 Å². The van der Waals surface area contributed by atoms with Crippen molar-refractivity contribution in [2.45, 2.75) is 59.4 Å². The summed E-state index contributed by atoms with van der Waals surface area (Å²) in [6.07, 6.45) is 15.2. The van der Waals surface area contributed by atoms with E-state index in [-0.39, 0.29) is 5.78 Å². The van der Waals surface area contributed by atoms with Crippen molar-refractivity contribution in [3.8, 4) is 0 Å². The molecule has 1 aromatic rings. The molecule has 0 amide bonds. The van der Waals surface area contributed by atoms with Crippen LogP contribution in [0.4, 0.5) is 5.82 Å². The topological polar surface area (TPSA) is 91.9 Å². The first-order chi connectivity index (χ1) is 14.6. The third-order valence-electron chi connectivity index (χ3n) is 4.58. The molecule has 0 aliphatic heterocycles. The zero-order chi connectivity index (χ0) is 23.3. The van der Waals surface area contributed by atoms with E-state index in [4.69, 9.17) is 0 Å². The molecule has 0 aromatic carbocycles. The number of H-pyrrole nitrogens is 1. The fourth-order valence-corrected chi connectivity index (χ4v) is 4.58. The summed E-state index contributed by atoms with van der Waals surface area (Å²) in [6.45, 7) is 8.57. The Kier molecular flexibility index (Phi) is 12.6. The van der Waals surface area contributed by atoms with Crippen molar-refractivity contribution in [1.29, 1.82) is 0 Å². The van der Waals surface area contributed by atoms with Gasteiger partial charge in [-0.15, -0.1) is 0 Å². The smallest absolute Gasteiger partial charge is 0.170 e. The maximum Gasteiger partial charge on any atom is 0.170 e. The number of carbonyl (C=O) groups is 1. The molecule has 0 fully saturated rings. The van der Waals surface area contributed by atoms with E-state index >= 15 is 0 Å². The van der Waals surface area contributed by atoms with Crippen LogP contribution in [0, 0.1) is 0 Å². The normalized spacial score (nSPS) is 13.7. The number of Topliss-reactive ketones (excluding diaryl/α,β-unsaturated/α-hetero) is 1. The molecule has 2 N–H and O–H groups in total. The molecule has 0 spiro atoms. The number of sulfone groups is 1. The van der Waals surface area contributed by atoms with Gasteiger partial charge in [0.1, 0.15) is 11.6 Å². The number of imidazole rings is 1. The molecule has 0 radical (unpaired) electrons. The van der Waals surface area contributed by atoms with Gasteiger partial charge in [0.15, 0.2) is 15.6 Å². The molecule has 0 saturated carbocycles. The van der Waals surface area contributed by atoms with Crippen LogP contribution in [-0.4, -0.2) is 53.7 Å². The lowest BCUT2D eigenvalue weighted by Gasteiger charge is -2.16. The van der Waals surface area contributed by atoms with Crippen molar-refractivity contribution in [1.82, 2.24) is 9.97 Å². The van der Waals surface area contributed by atoms with E-state index in [2.05, 4.69) is 61.2 Å². The van der Waals surface area contributed by atoms with Crippen LogP contribution in [0.5, 0.6) is 0 Å². The van der Waals surface area contributed by atoms with Gasteiger partial charge in [-0.2, -0.15) is 11.8 Å². The van der Waals surface area contributed by atoms with Gasteiger partial charge in [-0.1, -0.05) is 34.9 Å². The third-order valence-corrected chi connectivity index (χ3v) is 6.36. The highest BCUT2D eigenvalue weighted by Crippen LogP contribution is 2.14. The first kappa shape index (κ1) is 27.2. The van der Waals surface area contributed by atoms with Gasteiger partial charge in [0.2, 0.25) is 0 Å². The minimum absolute atomic E-state index is 0.334. The van der Waals surface area contributed by atoms with E-state index in [1.54, 1.807) is 18.0 Å². The lowest BCUT2D eigenvalue weighted by Crippen LogP contribution is -2.36. The van der Waals surface area contributed by atoms with Crippen molar-refractivity contribution in [3.63, 3.8) is 0 Å². The Balaban J connectivity index is 2.46. The average molecular weight is 468 g/mol. The molecule has 6 nitrogen and oxygen atoms in total. The Morgan fingerprint density at radius 3 is 2.35 bits per heavy atom. The van der Waals surface area contributed by atoms with E-state index < -0.39 is 21.6 Å². The number of nitrogens with one attached hydrogen (secondary N) is 2. The maximum absolute atomic E-state index is 12.4. The van der Waals surface area contributed by atoms with Crippen LogP contribution in [0.1, 0.15) is 53.4 Å². The number of rotatable bonds is 15. The number of aromatic nitrogens is 2. The Labute approximate surface area is 192 Å². The molecule has 1 atom stereocenters. The molecule has 31 heavy (non-hydrogen) atoms. The number of aromatic amines is 1. The zero-order valence-corrected chi connectivity index (χ0v) is 21.0. The molecule has 0 saturated heterocycles. The maximum atomic E-state index is 12.4. The number of carbonyl (C=O) groups excluding carboxylic acids is 1. The minimum atomic E-state index is -3.36. The molecule has 1 unspecified atom stereocenters. The fourth-order valence-electron chi connectivity index (χ4n) is 2.82. The summed E-state index contributed by atoms with van der Waals surface area (Å²) in [5.74, 6) is 1.07. The second kappa shape index (κ2) is 14.3. The second-order valence-corrected chi connectivity index (χ2v) is 11.4. The molecule has 174 valence electrons. The highest BCUT2D eigenvalue weighted by molar-refractivity contribution is 7.99. The predicted molar refractivity (Wildman–Crippen MR) is 133 cm³/mol. The van der Waals surface area contributed by atoms with E-state index in [0.717, 1.165) is 37.7 Å². The number of nitrogens with zero attached hydrogens (tertiary/aromatic N) is 1. The molecule has 1 heterocycles. The molecular weight excluding hydrogens is 430 g/mol. The Hall–Kier alpha value is -1.80. The SMILES string of the molecule is CC(C)=CCCC(C)=CCCC(C)=CCSCC(Nc1cnc[nH]1)C(=O)CS(C)(=O)=O. The second-order valence-electron chi connectivity index (χ2n) is 8.20. The molecule has 0 aliphatic carbocycles. The lowest BCUT2D eigenvalue weighted by atomic mass is 10.1. The summed E-state index contributed by atoms with van der Waals surface area (Å²) in [5.41, 5.74) is 4.11. The predicted octanol–water partition coefficient (Wildman–Crippen LogP) is 4.96. The quantitative estimate of drug-likeness (QED) is 0.280. The van der Waals surface area contributed by atoms with Crippen LogP contribution in [0.15, 0.2) is 47.5 Å². The Morgan fingerprint density at radius 1 is 1.13 bits per heavy atom.